The lowest BCUT2D eigenvalue weighted by Gasteiger charge is -2.60. The number of alkyl carbamates (subject to hydrolysis) is 1. The first kappa shape index (κ1) is 25.0. The molecule has 0 radical (unpaired) electrons. The number of nitrogens with one attached hydrogen (secondary N) is 3. The van der Waals surface area contributed by atoms with Crippen molar-refractivity contribution in [3.8, 4) is 6.07 Å². The molecule has 4 bridgehead atoms. The van der Waals surface area contributed by atoms with E-state index in [4.69, 9.17) is 9.72 Å². The van der Waals surface area contributed by atoms with Gasteiger partial charge in [-0.1, -0.05) is 24.3 Å². The molecule has 38 heavy (non-hydrogen) atoms. The third-order valence-corrected chi connectivity index (χ3v) is 9.06. The molecule has 2 aromatic rings. The molecule has 5 aliphatic carbocycles. The molecule has 4 saturated carbocycles. The van der Waals surface area contributed by atoms with Crippen LogP contribution in [0.15, 0.2) is 30.5 Å². The number of fused-ring (bicyclic) bond motifs is 1. The highest BCUT2D eigenvalue weighted by atomic mass is 16.6. The van der Waals surface area contributed by atoms with Gasteiger partial charge in [0, 0.05) is 12.6 Å². The van der Waals surface area contributed by atoms with E-state index in [1.165, 1.54) is 30.4 Å². The Kier molecular flexibility index (Phi) is 6.20. The first-order chi connectivity index (χ1) is 18.2. The highest BCUT2D eigenvalue weighted by Gasteiger charge is 2.55. The number of anilines is 2. The molecule has 4 fully saturated rings. The maximum absolute atomic E-state index is 12.5. The molecular formula is C30H38N6O2. The average molecular weight is 515 g/mol. The molecule has 1 heterocycles. The Morgan fingerprint density at radius 2 is 1.95 bits per heavy atom. The number of carbonyl (C=O) groups excluding carboxylic acids is 1. The molecule has 0 spiro atoms. The van der Waals surface area contributed by atoms with Crippen LogP contribution in [0.25, 0.3) is 0 Å². The van der Waals surface area contributed by atoms with Crippen molar-refractivity contribution < 1.29 is 9.53 Å². The summed E-state index contributed by atoms with van der Waals surface area (Å²) in [5.74, 6) is 2.80. The summed E-state index contributed by atoms with van der Waals surface area (Å²) >= 11 is 0. The second-order valence-corrected chi connectivity index (χ2v) is 13.0. The van der Waals surface area contributed by atoms with Gasteiger partial charge in [-0.15, -0.1) is 0 Å². The fourth-order valence-corrected chi connectivity index (χ4v) is 7.89. The van der Waals surface area contributed by atoms with Crippen LogP contribution in [0.1, 0.15) is 82.0 Å². The van der Waals surface area contributed by atoms with E-state index in [1.54, 1.807) is 6.20 Å². The lowest BCUT2D eigenvalue weighted by Crippen LogP contribution is -2.60. The van der Waals surface area contributed by atoms with Gasteiger partial charge in [-0.05, 0) is 100 Å². The van der Waals surface area contributed by atoms with Crippen molar-refractivity contribution >= 4 is 17.9 Å². The van der Waals surface area contributed by atoms with Gasteiger partial charge in [-0.3, -0.25) is 0 Å². The standard InChI is InChI=1S/C30H38N6O2/c1-29(2,3)38-28(37)35-25-20-10-18-11-21(25)14-30(12-18,13-20)17-33-26-22(15-31)16-32-27(36-26)34-24-9-8-19-6-4-5-7-23(19)24/h4-7,16,18,20-21,24-25H,8-14,17H2,1-3H3,(H,35,37)(H2,32,33,34,36)/t18?,20-,21+,24?,25?,30?. The van der Waals surface area contributed by atoms with E-state index in [9.17, 15) is 10.1 Å². The number of hydrogen-bond acceptors (Lipinski definition) is 7. The molecule has 4 unspecified atom stereocenters. The molecule has 1 aromatic carbocycles. The number of nitrogens with zero attached hydrogens (tertiary/aromatic N) is 3. The van der Waals surface area contributed by atoms with Crippen molar-refractivity contribution in [2.24, 2.45) is 23.2 Å². The van der Waals surface area contributed by atoms with Crippen LogP contribution < -0.4 is 16.0 Å². The van der Waals surface area contributed by atoms with E-state index in [0.717, 1.165) is 32.2 Å². The maximum Gasteiger partial charge on any atom is 0.407 e. The lowest BCUT2D eigenvalue weighted by molar-refractivity contribution is -0.0703. The summed E-state index contributed by atoms with van der Waals surface area (Å²) in [6.07, 6.45) is 9.07. The summed E-state index contributed by atoms with van der Waals surface area (Å²) in [6, 6.07) is 11.1. The van der Waals surface area contributed by atoms with E-state index < -0.39 is 5.60 Å². The van der Waals surface area contributed by atoms with Crippen molar-refractivity contribution in [2.75, 3.05) is 17.2 Å². The summed E-state index contributed by atoms with van der Waals surface area (Å²) < 4.78 is 5.56. The van der Waals surface area contributed by atoms with E-state index in [2.05, 4.69) is 51.3 Å². The second kappa shape index (κ2) is 9.44. The Labute approximate surface area is 225 Å². The number of hydrogen-bond donors (Lipinski definition) is 3. The molecule has 6 atom stereocenters. The van der Waals surface area contributed by atoms with Gasteiger partial charge in [0.05, 0.1) is 12.2 Å². The molecular weight excluding hydrogens is 476 g/mol. The Morgan fingerprint density at radius 1 is 1.18 bits per heavy atom. The number of rotatable bonds is 6. The average Bonchev–Trinajstić information content (AvgIpc) is 3.26. The Morgan fingerprint density at radius 3 is 2.68 bits per heavy atom. The third-order valence-electron chi connectivity index (χ3n) is 9.06. The highest BCUT2D eigenvalue weighted by Crippen LogP contribution is 2.60. The van der Waals surface area contributed by atoms with Gasteiger partial charge in [0.2, 0.25) is 5.95 Å². The van der Waals surface area contributed by atoms with Gasteiger partial charge in [-0.2, -0.15) is 10.2 Å². The molecule has 200 valence electrons. The summed E-state index contributed by atoms with van der Waals surface area (Å²) in [5.41, 5.74) is 2.82. The van der Waals surface area contributed by atoms with Gasteiger partial charge < -0.3 is 20.7 Å². The van der Waals surface area contributed by atoms with E-state index in [0.29, 0.717) is 35.1 Å². The molecule has 8 nitrogen and oxygen atoms in total. The predicted octanol–water partition coefficient (Wildman–Crippen LogP) is 5.58. The Bertz CT molecular complexity index is 1250. The molecule has 5 aliphatic rings. The van der Waals surface area contributed by atoms with Gasteiger partial charge in [-0.25, -0.2) is 9.78 Å². The minimum absolute atomic E-state index is 0.165. The monoisotopic (exact) mass is 514 g/mol. The summed E-state index contributed by atoms with van der Waals surface area (Å²) in [4.78, 5) is 21.7. The van der Waals surface area contributed by atoms with Gasteiger partial charge in [0.25, 0.3) is 0 Å². The quantitative estimate of drug-likeness (QED) is 0.461. The van der Waals surface area contributed by atoms with Crippen molar-refractivity contribution in [3.05, 3.63) is 47.2 Å². The maximum atomic E-state index is 12.5. The summed E-state index contributed by atoms with van der Waals surface area (Å²) in [5, 5.41) is 20.0. The minimum atomic E-state index is -0.494. The lowest BCUT2D eigenvalue weighted by atomic mass is 9.48. The normalized spacial score (nSPS) is 30.8. The number of carbonyl (C=O) groups is 1. The zero-order chi connectivity index (χ0) is 26.5. The first-order valence-corrected chi connectivity index (χ1v) is 14.1. The predicted molar refractivity (Wildman–Crippen MR) is 146 cm³/mol. The molecule has 0 aliphatic heterocycles. The van der Waals surface area contributed by atoms with Crippen molar-refractivity contribution in [3.63, 3.8) is 0 Å². The smallest absolute Gasteiger partial charge is 0.407 e. The topological polar surface area (TPSA) is 112 Å². The van der Waals surface area contributed by atoms with Crippen LogP contribution >= 0.6 is 0 Å². The van der Waals surface area contributed by atoms with E-state index in [1.807, 2.05) is 20.8 Å². The third kappa shape index (κ3) is 4.91. The molecule has 8 heteroatoms. The van der Waals surface area contributed by atoms with Crippen LogP contribution in [0.3, 0.4) is 0 Å². The van der Waals surface area contributed by atoms with Crippen LogP contribution in [-0.2, 0) is 11.2 Å². The summed E-state index contributed by atoms with van der Waals surface area (Å²) in [7, 11) is 0. The Hall–Kier alpha value is -3.34. The molecule has 0 saturated heterocycles. The van der Waals surface area contributed by atoms with Crippen LogP contribution in [-0.4, -0.2) is 34.2 Å². The SMILES string of the molecule is CC(C)(C)OC(=O)NC1[C@@H]2CC3C[C@H]1CC(CNc1nc(NC4CCc5ccccc54)ncc1C#N)(C3)C2. The van der Waals surface area contributed by atoms with Gasteiger partial charge in [0.1, 0.15) is 23.1 Å². The second-order valence-electron chi connectivity index (χ2n) is 13.0. The number of nitriles is 1. The fraction of sp³-hybridized carbons (Fsp3) is 0.600. The minimum Gasteiger partial charge on any atom is -0.444 e. The van der Waals surface area contributed by atoms with Crippen molar-refractivity contribution in [1.82, 2.24) is 15.3 Å². The van der Waals surface area contributed by atoms with Crippen LogP contribution in [0.4, 0.5) is 16.6 Å². The zero-order valence-corrected chi connectivity index (χ0v) is 22.6. The highest BCUT2D eigenvalue weighted by molar-refractivity contribution is 5.68. The van der Waals surface area contributed by atoms with E-state index in [-0.39, 0.29) is 23.6 Å². The van der Waals surface area contributed by atoms with Crippen LogP contribution in [0.5, 0.6) is 0 Å². The van der Waals surface area contributed by atoms with E-state index >= 15 is 0 Å². The fourth-order valence-electron chi connectivity index (χ4n) is 7.89. The van der Waals surface area contributed by atoms with Crippen LogP contribution in [0, 0.1) is 34.5 Å². The van der Waals surface area contributed by atoms with Crippen molar-refractivity contribution in [2.45, 2.75) is 83.4 Å². The molecule has 1 aromatic heterocycles. The number of ether oxygens (including phenoxy) is 1. The zero-order valence-electron chi connectivity index (χ0n) is 22.6. The summed E-state index contributed by atoms with van der Waals surface area (Å²) in [6.45, 7) is 6.49. The van der Waals surface area contributed by atoms with Gasteiger partial charge >= 0.3 is 6.09 Å². The number of benzene rings is 1. The first-order valence-electron chi connectivity index (χ1n) is 14.1. The van der Waals surface area contributed by atoms with Crippen molar-refractivity contribution in [1.29, 1.82) is 5.26 Å². The Balaban J connectivity index is 1.13. The molecule has 7 rings (SSSR count). The number of aryl methyl sites for hydroxylation is 1. The number of aromatic nitrogens is 2. The molecule has 3 N–H and O–H groups in total. The largest absolute Gasteiger partial charge is 0.444 e. The molecule has 1 amide bonds. The number of amides is 1. The van der Waals surface area contributed by atoms with Gasteiger partial charge in [0.15, 0.2) is 0 Å². The van der Waals surface area contributed by atoms with Crippen LogP contribution in [0.2, 0.25) is 0 Å².